The predicted molar refractivity (Wildman–Crippen MR) is 83.2 cm³/mol. The molecular formula is C19H30O3. The molecule has 9 atom stereocenters. The van der Waals surface area contributed by atoms with Crippen molar-refractivity contribution in [2.45, 2.75) is 89.1 Å². The Morgan fingerprint density at radius 2 is 1.73 bits per heavy atom. The van der Waals surface area contributed by atoms with E-state index in [0.717, 1.165) is 32.1 Å². The fourth-order valence-electron chi connectivity index (χ4n) is 7.66. The molecule has 2 N–H and O–H groups in total. The summed E-state index contributed by atoms with van der Waals surface area (Å²) >= 11 is 0. The van der Waals surface area contributed by atoms with Gasteiger partial charge in [-0.05, 0) is 74.5 Å². The molecule has 0 aromatic rings. The van der Waals surface area contributed by atoms with Gasteiger partial charge in [-0.2, -0.15) is 0 Å². The molecule has 3 heteroatoms. The summed E-state index contributed by atoms with van der Waals surface area (Å²) in [5.41, 5.74) is 0.436. The van der Waals surface area contributed by atoms with Crippen molar-refractivity contribution in [2.75, 3.05) is 0 Å². The van der Waals surface area contributed by atoms with E-state index in [1.54, 1.807) is 0 Å². The van der Waals surface area contributed by atoms with Gasteiger partial charge in [-0.1, -0.05) is 13.8 Å². The van der Waals surface area contributed by atoms with E-state index in [1.165, 1.54) is 19.3 Å². The summed E-state index contributed by atoms with van der Waals surface area (Å²) in [6.45, 7) is 4.78. The maximum Gasteiger partial charge on any atom is 0.103 e. The fourth-order valence-corrected chi connectivity index (χ4v) is 7.66. The van der Waals surface area contributed by atoms with Crippen LogP contribution in [0.2, 0.25) is 0 Å². The van der Waals surface area contributed by atoms with Crippen molar-refractivity contribution < 1.29 is 14.9 Å². The molecule has 0 aromatic heterocycles. The zero-order chi connectivity index (χ0) is 15.3. The Labute approximate surface area is 133 Å². The molecule has 1 heterocycles. The summed E-state index contributed by atoms with van der Waals surface area (Å²) in [5, 5.41) is 20.7. The van der Waals surface area contributed by atoms with E-state index >= 15 is 0 Å². The zero-order valence-electron chi connectivity index (χ0n) is 13.9. The van der Waals surface area contributed by atoms with Gasteiger partial charge in [-0.15, -0.1) is 0 Å². The average molecular weight is 306 g/mol. The number of aliphatic hydroxyl groups is 2. The summed E-state index contributed by atoms with van der Waals surface area (Å²) < 4.78 is 6.53. The predicted octanol–water partition coefficient (Wildman–Crippen LogP) is 2.88. The molecular weight excluding hydrogens is 276 g/mol. The number of aliphatic hydroxyl groups excluding tert-OH is 2. The normalized spacial score (nSPS) is 66.0. The third-order valence-electron chi connectivity index (χ3n) is 8.95. The minimum absolute atomic E-state index is 0.0876. The first kappa shape index (κ1) is 14.2. The first-order chi connectivity index (χ1) is 10.4. The zero-order valence-corrected chi connectivity index (χ0v) is 13.9. The molecule has 1 saturated heterocycles. The van der Waals surface area contributed by atoms with Crippen molar-refractivity contribution in [3.8, 4) is 0 Å². The van der Waals surface area contributed by atoms with Crippen LogP contribution in [0.15, 0.2) is 0 Å². The van der Waals surface area contributed by atoms with E-state index in [0.29, 0.717) is 23.9 Å². The Kier molecular flexibility index (Phi) is 2.65. The van der Waals surface area contributed by atoms with Gasteiger partial charge in [0.15, 0.2) is 0 Å². The quantitative estimate of drug-likeness (QED) is 0.677. The van der Waals surface area contributed by atoms with E-state index in [4.69, 9.17) is 4.74 Å². The smallest absolute Gasteiger partial charge is 0.103 e. The molecule has 3 nitrogen and oxygen atoms in total. The summed E-state index contributed by atoms with van der Waals surface area (Å²) in [7, 11) is 0. The molecule has 4 aliphatic carbocycles. The molecule has 5 fully saturated rings. The lowest BCUT2D eigenvalue weighted by Gasteiger charge is -2.58. The highest BCUT2D eigenvalue weighted by molar-refractivity contribution is 5.27. The molecule has 0 radical (unpaired) electrons. The maximum absolute atomic E-state index is 10.6. The van der Waals surface area contributed by atoms with Crippen LogP contribution in [0.3, 0.4) is 0 Å². The SMILES string of the molecule is C[C@]12C[C@@H]3O[C@]34[C@@H](CC[C@H]3C[C@@H](O)CC[C@@]34C)[C@@H]1CC[C@@H]2O. The molecule has 0 bridgehead atoms. The van der Waals surface area contributed by atoms with Gasteiger partial charge in [0.2, 0.25) is 0 Å². The first-order valence-electron chi connectivity index (χ1n) is 9.46. The van der Waals surface area contributed by atoms with Crippen molar-refractivity contribution >= 4 is 0 Å². The minimum atomic E-state index is -0.126. The standard InChI is InChI=1S/C19H30O3/c1-17-10-16-19(22-16)14(13(17)5-6-15(17)21)4-3-11-9-12(20)7-8-18(11,19)2/h11-16,20-21H,3-10H2,1-2H3/t11-,12-,13-,14-,15-,16-,17-,18-,19+/m0/s1. The molecule has 4 saturated carbocycles. The van der Waals surface area contributed by atoms with Gasteiger partial charge in [-0.3, -0.25) is 0 Å². The lowest BCUT2D eigenvalue weighted by atomic mass is 9.44. The second-order valence-electron chi connectivity index (χ2n) is 9.54. The monoisotopic (exact) mass is 306 g/mol. The van der Waals surface area contributed by atoms with Crippen molar-refractivity contribution in [1.29, 1.82) is 0 Å². The van der Waals surface area contributed by atoms with Crippen molar-refractivity contribution in [3.63, 3.8) is 0 Å². The van der Waals surface area contributed by atoms with Crippen LogP contribution in [0.4, 0.5) is 0 Å². The lowest BCUT2D eigenvalue weighted by molar-refractivity contribution is -0.123. The highest BCUT2D eigenvalue weighted by Crippen LogP contribution is 2.75. The lowest BCUT2D eigenvalue weighted by Crippen LogP contribution is -2.60. The van der Waals surface area contributed by atoms with Gasteiger partial charge >= 0.3 is 0 Å². The van der Waals surface area contributed by atoms with Gasteiger partial charge < -0.3 is 14.9 Å². The molecule has 0 aromatic carbocycles. The van der Waals surface area contributed by atoms with Crippen LogP contribution in [-0.2, 0) is 4.74 Å². The third kappa shape index (κ3) is 1.41. The molecule has 0 unspecified atom stereocenters. The topological polar surface area (TPSA) is 53.0 Å². The number of rotatable bonds is 0. The highest BCUT2D eigenvalue weighted by Gasteiger charge is 2.79. The molecule has 1 aliphatic heterocycles. The largest absolute Gasteiger partial charge is 0.393 e. The number of hydrogen-bond acceptors (Lipinski definition) is 3. The fraction of sp³-hybridized carbons (Fsp3) is 1.00. The van der Waals surface area contributed by atoms with Crippen LogP contribution < -0.4 is 0 Å². The van der Waals surface area contributed by atoms with Gasteiger partial charge in [-0.25, -0.2) is 0 Å². The second-order valence-corrected chi connectivity index (χ2v) is 9.54. The van der Waals surface area contributed by atoms with Gasteiger partial charge in [0.25, 0.3) is 0 Å². The number of ether oxygens (including phenoxy) is 1. The second kappa shape index (κ2) is 4.10. The third-order valence-corrected chi connectivity index (χ3v) is 8.95. The molecule has 5 aliphatic rings. The van der Waals surface area contributed by atoms with E-state index in [2.05, 4.69) is 13.8 Å². The van der Waals surface area contributed by atoms with Crippen LogP contribution in [-0.4, -0.2) is 34.1 Å². The van der Waals surface area contributed by atoms with Gasteiger partial charge in [0, 0.05) is 5.41 Å². The Bertz CT molecular complexity index is 507. The summed E-state index contributed by atoms with van der Waals surface area (Å²) in [5.74, 6) is 1.92. The Balaban J connectivity index is 1.54. The Morgan fingerprint density at radius 1 is 0.955 bits per heavy atom. The molecule has 1 spiro atoms. The number of hydrogen-bond donors (Lipinski definition) is 2. The maximum atomic E-state index is 10.6. The number of epoxide rings is 1. The van der Waals surface area contributed by atoms with Crippen molar-refractivity contribution in [2.24, 2.45) is 28.6 Å². The minimum Gasteiger partial charge on any atom is -0.393 e. The van der Waals surface area contributed by atoms with Crippen molar-refractivity contribution in [1.82, 2.24) is 0 Å². The highest BCUT2D eigenvalue weighted by atomic mass is 16.6. The van der Waals surface area contributed by atoms with Gasteiger partial charge in [0.05, 0.1) is 18.3 Å². The van der Waals surface area contributed by atoms with Crippen LogP contribution in [0.25, 0.3) is 0 Å². The summed E-state index contributed by atoms with van der Waals surface area (Å²) in [6.07, 6.45) is 8.92. The van der Waals surface area contributed by atoms with Gasteiger partial charge in [0.1, 0.15) is 5.60 Å². The first-order valence-corrected chi connectivity index (χ1v) is 9.46. The molecule has 22 heavy (non-hydrogen) atoms. The van der Waals surface area contributed by atoms with Crippen LogP contribution in [0.1, 0.15) is 65.2 Å². The van der Waals surface area contributed by atoms with Crippen LogP contribution >= 0.6 is 0 Å². The van der Waals surface area contributed by atoms with E-state index in [9.17, 15) is 10.2 Å². The Morgan fingerprint density at radius 3 is 2.55 bits per heavy atom. The van der Waals surface area contributed by atoms with Crippen LogP contribution in [0, 0.1) is 28.6 Å². The molecule has 124 valence electrons. The van der Waals surface area contributed by atoms with E-state index in [1.807, 2.05) is 0 Å². The van der Waals surface area contributed by atoms with Crippen molar-refractivity contribution in [3.05, 3.63) is 0 Å². The summed E-state index contributed by atoms with van der Waals surface area (Å²) in [4.78, 5) is 0. The van der Waals surface area contributed by atoms with Crippen LogP contribution in [0.5, 0.6) is 0 Å². The number of fused-ring (bicyclic) bond motifs is 3. The Hall–Kier alpha value is -0.120. The van der Waals surface area contributed by atoms with E-state index in [-0.39, 0.29) is 28.6 Å². The molecule has 5 rings (SSSR count). The average Bonchev–Trinajstić information content (AvgIpc) is 3.12. The van der Waals surface area contributed by atoms with E-state index < -0.39 is 0 Å². The molecule has 0 amide bonds. The summed E-state index contributed by atoms with van der Waals surface area (Å²) in [6, 6.07) is 0.